The van der Waals surface area contributed by atoms with Crippen molar-refractivity contribution in [2.45, 2.75) is 38.5 Å². The lowest BCUT2D eigenvalue weighted by molar-refractivity contribution is -0.141. The first-order valence-corrected chi connectivity index (χ1v) is 11.6. The van der Waals surface area contributed by atoms with E-state index in [1.165, 1.54) is 24.3 Å². The molecule has 2 unspecified atom stereocenters. The van der Waals surface area contributed by atoms with E-state index in [1.807, 2.05) is 13.0 Å². The van der Waals surface area contributed by atoms with Crippen molar-refractivity contribution in [1.82, 2.24) is 4.90 Å². The molecule has 0 aliphatic carbocycles. The van der Waals surface area contributed by atoms with Crippen LogP contribution in [0, 0.1) is 5.82 Å². The summed E-state index contributed by atoms with van der Waals surface area (Å²) >= 11 is 6.07. The summed E-state index contributed by atoms with van der Waals surface area (Å²) in [6.45, 7) is 2.05. The summed E-state index contributed by atoms with van der Waals surface area (Å²) < 4.78 is 43.0. The van der Waals surface area contributed by atoms with Crippen molar-refractivity contribution >= 4 is 27.3 Å². The Morgan fingerprint density at radius 1 is 1.28 bits per heavy atom. The van der Waals surface area contributed by atoms with E-state index in [0.29, 0.717) is 23.6 Å². The van der Waals surface area contributed by atoms with Gasteiger partial charge in [0, 0.05) is 17.6 Å². The fraction of sp³-hybridized carbons (Fsp3) is 0.381. The van der Waals surface area contributed by atoms with Gasteiger partial charge in [-0.05, 0) is 54.8 Å². The second kappa shape index (κ2) is 9.13. The van der Waals surface area contributed by atoms with Crippen LogP contribution in [0.3, 0.4) is 0 Å². The Hall–Kier alpha value is -2.12. The van der Waals surface area contributed by atoms with Gasteiger partial charge in [0.2, 0.25) is 0 Å². The molecule has 3 rings (SSSR count). The molecule has 0 radical (unpaired) electrons. The number of hydrogen-bond donors (Lipinski definition) is 0. The van der Waals surface area contributed by atoms with Crippen LogP contribution in [0.4, 0.5) is 4.39 Å². The number of carbonyl (C=O) groups excluding carboxylic acids is 1. The van der Waals surface area contributed by atoms with Crippen LogP contribution < -0.4 is 4.74 Å². The Labute approximate surface area is 175 Å². The molecule has 1 amide bonds. The van der Waals surface area contributed by atoms with Gasteiger partial charge in [-0.3, -0.25) is 4.79 Å². The minimum absolute atomic E-state index is 0.0621. The zero-order valence-corrected chi connectivity index (χ0v) is 17.6. The van der Waals surface area contributed by atoms with Crippen molar-refractivity contribution < 1.29 is 22.3 Å². The summed E-state index contributed by atoms with van der Waals surface area (Å²) in [6.07, 6.45) is -0.0217. The maximum atomic E-state index is 13.3. The third-order valence-corrected chi connectivity index (χ3v) is 6.90. The standard InChI is InChI=1S/C21H23ClFNO4S/c1-2-20(28-19-8-6-17(23)7-9-19)21(25)24(18-10-11-29(26,27)14-18)13-15-4-3-5-16(22)12-15/h3-9,12,18,20H,2,10-11,13-14H2,1H3. The maximum absolute atomic E-state index is 13.3. The molecule has 1 fully saturated rings. The van der Waals surface area contributed by atoms with Gasteiger partial charge in [0.1, 0.15) is 11.6 Å². The molecule has 0 spiro atoms. The van der Waals surface area contributed by atoms with E-state index in [4.69, 9.17) is 16.3 Å². The van der Waals surface area contributed by atoms with Crippen molar-refractivity contribution in [3.63, 3.8) is 0 Å². The first-order chi connectivity index (χ1) is 13.8. The number of rotatable bonds is 7. The molecular formula is C21H23ClFNO4S. The van der Waals surface area contributed by atoms with Crippen molar-refractivity contribution in [3.8, 4) is 5.75 Å². The molecule has 2 aromatic rings. The van der Waals surface area contributed by atoms with Gasteiger partial charge < -0.3 is 9.64 Å². The molecule has 8 heteroatoms. The number of benzene rings is 2. The largest absolute Gasteiger partial charge is 0.481 e. The van der Waals surface area contributed by atoms with E-state index in [1.54, 1.807) is 23.1 Å². The van der Waals surface area contributed by atoms with Gasteiger partial charge in [-0.25, -0.2) is 12.8 Å². The zero-order valence-electron chi connectivity index (χ0n) is 16.1. The van der Waals surface area contributed by atoms with Gasteiger partial charge in [-0.2, -0.15) is 0 Å². The first-order valence-electron chi connectivity index (χ1n) is 9.45. The molecule has 29 heavy (non-hydrogen) atoms. The second-order valence-corrected chi connectivity index (χ2v) is 9.79. The highest BCUT2D eigenvalue weighted by Gasteiger charge is 2.37. The Morgan fingerprint density at radius 2 is 2.00 bits per heavy atom. The third kappa shape index (κ3) is 5.70. The molecule has 0 bridgehead atoms. The predicted molar refractivity (Wildman–Crippen MR) is 110 cm³/mol. The smallest absolute Gasteiger partial charge is 0.264 e. The second-order valence-electron chi connectivity index (χ2n) is 7.12. The molecule has 1 heterocycles. The maximum Gasteiger partial charge on any atom is 0.264 e. The SMILES string of the molecule is CCC(Oc1ccc(F)cc1)C(=O)N(Cc1cccc(Cl)c1)C1CCS(=O)(=O)C1. The normalized spacial score (nSPS) is 18.9. The molecule has 2 atom stereocenters. The lowest BCUT2D eigenvalue weighted by Gasteiger charge is -2.32. The Morgan fingerprint density at radius 3 is 2.59 bits per heavy atom. The molecule has 2 aromatic carbocycles. The van der Waals surface area contributed by atoms with E-state index in [2.05, 4.69) is 0 Å². The summed E-state index contributed by atoms with van der Waals surface area (Å²) in [7, 11) is -3.17. The lowest BCUT2D eigenvalue weighted by atomic mass is 10.1. The number of halogens is 2. The number of amides is 1. The Balaban J connectivity index is 1.84. The van der Waals surface area contributed by atoms with E-state index in [-0.39, 0.29) is 24.0 Å². The minimum Gasteiger partial charge on any atom is -0.481 e. The van der Waals surface area contributed by atoms with Crippen LogP contribution in [0.25, 0.3) is 0 Å². The van der Waals surface area contributed by atoms with Crippen LogP contribution in [-0.4, -0.2) is 42.9 Å². The van der Waals surface area contributed by atoms with E-state index < -0.39 is 27.8 Å². The van der Waals surface area contributed by atoms with E-state index in [9.17, 15) is 17.6 Å². The van der Waals surface area contributed by atoms with Crippen LogP contribution in [0.2, 0.25) is 5.02 Å². The topological polar surface area (TPSA) is 63.7 Å². The van der Waals surface area contributed by atoms with Gasteiger partial charge in [0.05, 0.1) is 11.5 Å². The number of sulfone groups is 1. The van der Waals surface area contributed by atoms with Gasteiger partial charge in [-0.15, -0.1) is 0 Å². The average Bonchev–Trinajstić information content (AvgIpc) is 3.04. The quantitative estimate of drug-likeness (QED) is 0.657. The number of ether oxygens (including phenoxy) is 1. The van der Waals surface area contributed by atoms with Crippen molar-refractivity contribution in [3.05, 3.63) is 64.9 Å². The number of nitrogens with zero attached hydrogens (tertiary/aromatic N) is 1. The monoisotopic (exact) mass is 439 g/mol. The zero-order chi connectivity index (χ0) is 21.0. The van der Waals surface area contributed by atoms with Crippen molar-refractivity contribution in [2.24, 2.45) is 0 Å². The van der Waals surface area contributed by atoms with Gasteiger partial charge in [0.25, 0.3) is 5.91 Å². The Kier molecular flexibility index (Phi) is 6.80. The summed E-state index contributed by atoms with van der Waals surface area (Å²) in [5, 5.41) is 0.545. The predicted octanol–water partition coefficient (Wildman–Crippen LogP) is 3.85. The molecule has 0 saturated carbocycles. The Bertz CT molecular complexity index is 965. The van der Waals surface area contributed by atoms with Crippen LogP contribution in [-0.2, 0) is 21.2 Å². The van der Waals surface area contributed by atoms with Crippen molar-refractivity contribution in [2.75, 3.05) is 11.5 Å². The number of hydrogen-bond acceptors (Lipinski definition) is 4. The van der Waals surface area contributed by atoms with E-state index in [0.717, 1.165) is 5.56 Å². The third-order valence-electron chi connectivity index (χ3n) is 4.91. The molecule has 0 aromatic heterocycles. The molecule has 0 N–H and O–H groups in total. The van der Waals surface area contributed by atoms with Crippen LogP contribution in [0.15, 0.2) is 48.5 Å². The minimum atomic E-state index is -3.17. The van der Waals surface area contributed by atoms with Gasteiger partial charge in [0.15, 0.2) is 15.9 Å². The van der Waals surface area contributed by atoms with Gasteiger partial charge in [-0.1, -0.05) is 30.7 Å². The lowest BCUT2D eigenvalue weighted by Crippen LogP contribution is -2.47. The molecular weight excluding hydrogens is 417 g/mol. The molecule has 1 aliphatic heterocycles. The van der Waals surface area contributed by atoms with Crippen molar-refractivity contribution in [1.29, 1.82) is 0 Å². The highest BCUT2D eigenvalue weighted by Crippen LogP contribution is 2.24. The highest BCUT2D eigenvalue weighted by molar-refractivity contribution is 7.91. The molecule has 5 nitrogen and oxygen atoms in total. The molecule has 156 valence electrons. The highest BCUT2D eigenvalue weighted by atomic mass is 35.5. The van der Waals surface area contributed by atoms with Crippen LogP contribution in [0.1, 0.15) is 25.3 Å². The average molecular weight is 440 g/mol. The number of carbonyl (C=O) groups is 1. The first kappa shape index (κ1) is 21.6. The molecule has 1 saturated heterocycles. The fourth-order valence-electron chi connectivity index (χ4n) is 3.41. The van der Waals surface area contributed by atoms with E-state index >= 15 is 0 Å². The van der Waals surface area contributed by atoms with Crippen LogP contribution in [0.5, 0.6) is 5.75 Å². The molecule has 1 aliphatic rings. The summed E-state index contributed by atoms with van der Waals surface area (Å²) in [6, 6.07) is 12.2. The van der Waals surface area contributed by atoms with Gasteiger partial charge >= 0.3 is 0 Å². The summed E-state index contributed by atoms with van der Waals surface area (Å²) in [4.78, 5) is 14.9. The van der Waals surface area contributed by atoms with Crippen LogP contribution >= 0.6 is 11.6 Å². The fourth-order valence-corrected chi connectivity index (χ4v) is 5.35. The summed E-state index contributed by atoms with van der Waals surface area (Å²) in [5.74, 6) is -0.304. The summed E-state index contributed by atoms with van der Waals surface area (Å²) in [5.41, 5.74) is 0.812.